The topological polar surface area (TPSA) is 12.0 Å². The third-order valence-electron chi connectivity index (χ3n) is 3.51. The van der Waals surface area contributed by atoms with Gasteiger partial charge in [0.25, 0.3) is 0 Å². The van der Waals surface area contributed by atoms with Crippen molar-refractivity contribution in [2.75, 3.05) is 6.54 Å². The third kappa shape index (κ3) is 2.60. The summed E-state index contributed by atoms with van der Waals surface area (Å²) in [5, 5.41) is 3.62. The van der Waals surface area contributed by atoms with Gasteiger partial charge in [0, 0.05) is 6.04 Å². The third-order valence-corrected chi connectivity index (χ3v) is 3.51. The van der Waals surface area contributed by atoms with Crippen LogP contribution < -0.4 is 5.32 Å². The number of piperidine rings is 1. The predicted octanol–water partition coefficient (Wildman–Crippen LogP) is 3.18. The summed E-state index contributed by atoms with van der Waals surface area (Å²) in [5.74, 6) is 1.51. The molecule has 0 radical (unpaired) electrons. The SMILES string of the molecule is CC(C)C1CC(c2ccccc2)CCN1. The monoisotopic (exact) mass is 203 g/mol. The Kier molecular flexibility index (Phi) is 3.42. The fourth-order valence-electron chi connectivity index (χ4n) is 2.49. The van der Waals surface area contributed by atoms with Gasteiger partial charge in [-0.2, -0.15) is 0 Å². The Morgan fingerprint density at radius 2 is 1.93 bits per heavy atom. The molecule has 2 atom stereocenters. The molecule has 1 saturated heterocycles. The molecule has 1 nitrogen and oxygen atoms in total. The Balaban J connectivity index is 2.05. The van der Waals surface area contributed by atoms with E-state index >= 15 is 0 Å². The molecular formula is C14H21N. The zero-order chi connectivity index (χ0) is 10.7. The largest absolute Gasteiger partial charge is 0.314 e. The highest BCUT2D eigenvalue weighted by atomic mass is 14.9. The van der Waals surface area contributed by atoms with E-state index in [0.717, 1.165) is 11.8 Å². The van der Waals surface area contributed by atoms with Gasteiger partial charge in [-0.3, -0.25) is 0 Å². The Bertz CT molecular complexity index is 291. The lowest BCUT2D eigenvalue weighted by molar-refractivity contribution is 0.299. The molecule has 2 unspecified atom stereocenters. The molecule has 0 aromatic heterocycles. The van der Waals surface area contributed by atoms with E-state index in [1.165, 1.54) is 24.9 Å². The van der Waals surface area contributed by atoms with E-state index in [1.807, 2.05) is 0 Å². The Morgan fingerprint density at radius 1 is 1.20 bits per heavy atom. The molecule has 0 spiro atoms. The van der Waals surface area contributed by atoms with Crippen molar-refractivity contribution in [2.24, 2.45) is 5.92 Å². The number of nitrogens with one attached hydrogen (secondary N) is 1. The van der Waals surface area contributed by atoms with Crippen LogP contribution in [0.3, 0.4) is 0 Å². The lowest BCUT2D eigenvalue weighted by atomic mass is 9.83. The minimum absolute atomic E-state index is 0.698. The quantitative estimate of drug-likeness (QED) is 0.778. The van der Waals surface area contributed by atoms with Crippen molar-refractivity contribution in [3.05, 3.63) is 35.9 Å². The summed E-state index contributed by atoms with van der Waals surface area (Å²) >= 11 is 0. The van der Waals surface area contributed by atoms with Crippen LogP contribution in [0, 0.1) is 5.92 Å². The van der Waals surface area contributed by atoms with Crippen molar-refractivity contribution in [1.82, 2.24) is 5.32 Å². The van der Waals surface area contributed by atoms with Crippen LogP contribution >= 0.6 is 0 Å². The molecule has 1 aliphatic heterocycles. The average molecular weight is 203 g/mol. The highest BCUT2D eigenvalue weighted by Crippen LogP contribution is 2.29. The second-order valence-corrected chi connectivity index (χ2v) is 4.94. The molecule has 15 heavy (non-hydrogen) atoms. The van der Waals surface area contributed by atoms with Gasteiger partial charge in [0.15, 0.2) is 0 Å². The smallest absolute Gasteiger partial charge is 0.00958 e. The molecule has 1 aromatic carbocycles. The van der Waals surface area contributed by atoms with Crippen molar-refractivity contribution < 1.29 is 0 Å². The van der Waals surface area contributed by atoms with Gasteiger partial charge >= 0.3 is 0 Å². The molecule has 2 rings (SSSR count). The zero-order valence-electron chi connectivity index (χ0n) is 9.74. The van der Waals surface area contributed by atoms with E-state index in [-0.39, 0.29) is 0 Å². The van der Waals surface area contributed by atoms with Gasteiger partial charge in [0.1, 0.15) is 0 Å². The van der Waals surface area contributed by atoms with E-state index in [9.17, 15) is 0 Å². The average Bonchev–Trinajstić information content (AvgIpc) is 2.30. The maximum atomic E-state index is 3.62. The van der Waals surface area contributed by atoms with E-state index in [1.54, 1.807) is 0 Å². The first kappa shape index (κ1) is 10.7. The van der Waals surface area contributed by atoms with E-state index in [0.29, 0.717) is 6.04 Å². The highest BCUT2D eigenvalue weighted by molar-refractivity contribution is 5.20. The van der Waals surface area contributed by atoms with E-state index in [2.05, 4.69) is 49.5 Å². The zero-order valence-corrected chi connectivity index (χ0v) is 9.74. The van der Waals surface area contributed by atoms with Crippen LogP contribution in [-0.2, 0) is 0 Å². The van der Waals surface area contributed by atoms with Crippen LogP contribution in [-0.4, -0.2) is 12.6 Å². The number of hydrogen-bond donors (Lipinski definition) is 1. The van der Waals surface area contributed by atoms with Crippen LogP contribution in [0.25, 0.3) is 0 Å². The van der Waals surface area contributed by atoms with Crippen molar-refractivity contribution >= 4 is 0 Å². The second kappa shape index (κ2) is 4.80. The molecule has 0 bridgehead atoms. The molecule has 82 valence electrons. The summed E-state index contributed by atoms with van der Waals surface area (Å²) in [6.45, 7) is 5.79. The Labute approximate surface area is 92.9 Å². The highest BCUT2D eigenvalue weighted by Gasteiger charge is 2.24. The van der Waals surface area contributed by atoms with Crippen LogP contribution in [0.5, 0.6) is 0 Å². The summed E-state index contributed by atoms with van der Waals surface area (Å²) in [6, 6.07) is 11.7. The van der Waals surface area contributed by atoms with Gasteiger partial charge in [-0.15, -0.1) is 0 Å². The maximum Gasteiger partial charge on any atom is 0.00958 e. The minimum atomic E-state index is 0.698. The summed E-state index contributed by atoms with van der Waals surface area (Å²) in [5.41, 5.74) is 1.52. The number of rotatable bonds is 2. The summed E-state index contributed by atoms with van der Waals surface area (Å²) in [7, 11) is 0. The summed E-state index contributed by atoms with van der Waals surface area (Å²) < 4.78 is 0. The fraction of sp³-hybridized carbons (Fsp3) is 0.571. The second-order valence-electron chi connectivity index (χ2n) is 4.94. The molecular weight excluding hydrogens is 182 g/mol. The molecule has 0 amide bonds. The van der Waals surface area contributed by atoms with Crippen LogP contribution in [0.1, 0.15) is 38.2 Å². The number of hydrogen-bond acceptors (Lipinski definition) is 1. The normalized spacial score (nSPS) is 26.9. The Morgan fingerprint density at radius 3 is 2.60 bits per heavy atom. The maximum absolute atomic E-state index is 3.62. The molecule has 1 N–H and O–H groups in total. The van der Waals surface area contributed by atoms with Crippen molar-refractivity contribution in [3.8, 4) is 0 Å². The molecule has 1 heteroatoms. The molecule has 0 saturated carbocycles. The fourth-order valence-corrected chi connectivity index (χ4v) is 2.49. The predicted molar refractivity (Wildman–Crippen MR) is 65.0 cm³/mol. The molecule has 1 aromatic rings. The first-order chi connectivity index (χ1) is 7.27. The van der Waals surface area contributed by atoms with E-state index < -0.39 is 0 Å². The molecule has 1 aliphatic rings. The van der Waals surface area contributed by atoms with Crippen LogP contribution in [0.4, 0.5) is 0 Å². The first-order valence-electron chi connectivity index (χ1n) is 6.05. The van der Waals surface area contributed by atoms with E-state index in [4.69, 9.17) is 0 Å². The molecule has 1 fully saturated rings. The Hall–Kier alpha value is -0.820. The summed E-state index contributed by atoms with van der Waals surface area (Å²) in [4.78, 5) is 0. The molecule has 0 aliphatic carbocycles. The minimum Gasteiger partial charge on any atom is -0.314 e. The van der Waals surface area contributed by atoms with Crippen molar-refractivity contribution in [1.29, 1.82) is 0 Å². The first-order valence-corrected chi connectivity index (χ1v) is 6.05. The summed E-state index contributed by atoms with van der Waals surface area (Å²) in [6.07, 6.45) is 2.58. The van der Waals surface area contributed by atoms with Gasteiger partial charge in [0.2, 0.25) is 0 Å². The van der Waals surface area contributed by atoms with Crippen molar-refractivity contribution in [2.45, 2.75) is 38.6 Å². The van der Waals surface area contributed by atoms with Crippen LogP contribution in [0.2, 0.25) is 0 Å². The lowest BCUT2D eigenvalue weighted by Crippen LogP contribution is -2.40. The van der Waals surface area contributed by atoms with Gasteiger partial charge < -0.3 is 5.32 Å². The molecule has 1 heterocycles. The van der Waals surface area contributed by atoms with Crippen molar-refractivity contribution in [3.63, 3.8) is 0 Å². The van der Waals surface area contributed by atoms with Crippen LogP contribution in [0.15, 0.2) is 30.3 Å². The van der Waals surface area contributed by atoms with Gasteiger partial charge in [-0.1, -0.05) is 44.2 Å². The number of benzene rings is 1. The van der Waals surface area contributed by atoms with Gasteiger partial charge in [0.05, 0.1) is 0 Å². The van der Waals surface area contributed by atoms with Gasteiger partial charge in [-0.25, -0.2) is 0 Å². The van der Waals surface area contributed by atoms with Gasteiger partial charge in [-0.05, 0) is 36.8 Å². The lowest BCUT2D eigenvalue weighted by Gasteiger charge is -2.33. The standard InChI is InChI=1S/C14H21N/c1-11(2)14-10-13(8-9-15-14)12-6-4-3-5-7-12/h3-7,11,13-15H,8-10H2,1-2H3.